The lowest BCUT2D eigenvalue weighted by Crippen LogP contribution is -2.37. The van der Waals surface area contributed by atoms with Crippen molar-refractivity contribution >= 4 is 17.6 Å². The van der Waals surface area contributed by atoms with Crippen molar-refractivity contribution in [2.45, 2.75) is 27.7 Å². The second kappa shape index (κ2) is 7.04. The Kier molecular flexibility index (Phi) is 5.69. The molecule has 0 aliphatic heterocycles. The summed E-state index contributed by atoms with van der Waals surface area (Å²) in [6.07, 6.45) is 0. The average molecular weight is 282 g/mol. The van der Waals surface area contributed by atoms with Crippen LogP contribution in [0.25, 0.3) is 0 Å². The van der Waals surface area contributed by atoms with Gasteiger partial charge in [0.05, 0.1) is 29.5 Å². The van der Waals surface area contributed by atoms with E-state index in [0.717, 1.165) is 11.4 Å². The molecular weight excluding hydrogens is 260 g/mol. The zero-order chi connectivity index (χ0) is 15.3. The Morgan fingerprint density at radius 2 is 2.10 bits per heavy atom. The van der Waals surface area contributed by atoms with Gasteiger partial charge in [0.1, 0.15) is 0 Å². The van der Waals surface area contributed by atoms with Gasteiger partial charge in [0.25, 0.3) is 0 Å². The number of aromatic nitrogens is 2. The van der Waals surface area contributed by atoms with E-state index >= 15 is 0 Å². The fraction of sp³-hybridized carbons (Fsp3) is 0.615. The smallest absolute Gasteiger partial charge is 0.307 e. The number of nitrogens with one attached hydrogen (secondary N) is 2. The molecule has 3 N–H and O–H groups in total. The molecule has 0 saturated carbocycles. The normalized spacial score (nSPS) is 12.4. The van der Waals surface area contributed by atoms with Gasteiger partial charge in [0, 0.05) is 6.54 Å². The molecule has 1 heterocycles. The van der Waals surface area contributed by atoms with Crippen molar-refractivity contribution in [3.05, 3.63) is 11.4 Å². The fourth-order valence-electron chi connectivity index (χ4n) is 1.89. The van der Waals surface area contributed by atoms with E-state index in [4.69, 9.17) is 5.11 Å². The van der Waals surface area contributed by atoms with E-state index in [2.05, 4.69) is 15.5 Å². The van der Waals surface area contributed by atoms with Crippen molar-refractivity contribution in [3.63, 3.8) is 0 Å². The minimum absolute atomic E-state index is 0.165. The zero-order valence-corrected chi connectivity index (χ0v) is 12.4. The summed E-state index contributed by atoms with van der Waals surface area (Å²) >= 11 is 0. The number of hydrogen-bond acceptors (Lipinski definition) is 4. The Bertz CT molecular complexity index is 464. The first-order valence-corrected chi connectivity index (χ1v) is 6.61. The minimum atomic E-state index is -0.856. The maximum Gasteiger partial charge on any atom is 0.307 e. The summed E-state index contributed by atoms with van der Waals surface area (Å²) < 4.78 is 0. The number of aliphatic carboxylic acids is 1. The second-order valence-corrected chi connectivity index (χ2v) is 4.92. The van der Waals surface area contributed by atoms with Crippen LogP contribution >= 0.6 is 0 Å². The number of rotatable bonds is 7. The highest BCUT2D eigenvalue weighted by Gasteiger charge is 2.18. The molecule has 0 aromatic carbocycles. The first-order chi connectivity index (χ1) is 9.35. The van der Waals surface area contributed by atoms with Gasteiger partial charge in [-0.3, -0.25) is 19.6 Å². The lowest BCUT2D eigenvalue weighted by molar-refractivity contribution is -0.142. The number of carboxylic acid groups (broad SMARTS) is 1. The molecular formula is C13H22N4O3. The molecule has 1 aromatic rings. The number of carbonyl (C=O) groups is 2. The van der Waals surface area contributed by atoms with Gasteiger partial charge in [-0.05, 0) is 20.4 Å². The predicted octanol–water partition coefficient (Wildman–Crippen LogP) is 1.01. The summed E-state index contributed by atoms with van der Waals surface area (Å²) in [7, 11) is 0. The summed E-state index contributed by atoms with van der Waals surface area (Å²) in [5.74, 6) is -1.53. The molecule has 0 spiro atoms. The van der Waals surface area contributed by atoms with Gasteiger partial charge in [0.15, 0.2) is 0 Å². The van der Waals surface area contributed by atoms with Crippen LogP contribution in [0.4, 0.5) is 5.69 Å². The number of carbonyl (C=O) groups excluding carboxylic acids is 1. The first kappa shape index (κ1) is 16.2. The number of likely N-dealkylation sites (N-methyl/N-ethyl adjacent to an activating group) is 1. The lowest BCUT2D eigenvalue weighted by Gasteiger charge is -2.21. The number of carboxylic acids is 1. The molecule has 0 aliphatic carbocycles. The van der Waals surface area contributed by atoms with E-state index in [-0.39, 0.29) is 12.5 Å². The van der Waals surface area contributed by atoms with Crippen LogP contribution < -0.4 is 5.32 Å². The average Bonchev–Trinajstić information content (AvgIpc) is 2.69. The highest BCUT2D eigenvalue weighted by molar-refractivity contribution is 5.93. The zero-order valence-electron chi connectivity index (χ0n) is 12.4. The van der Waals surface area contributed by atoms with Crippen LogP contribution in [0.15, 0.2) is 0 Å². The summed E-state index contributed by atoms with van der Waals surface area (Å²) in [6, 6.07) is 0. The SMILES string of the molecule is CCN(CC(=O)Nc1c(C)n[nH]c1C)CC(C)C(=O)O. The summed E-state index contributed by atoms with van der Waals surface area (Å²) in [4.78, 5) is 24.6. The van der Waals surface area contributed by atoms with Crippen LogP contribution in [0.2, 0.25) is 0 Å². The van der Waals surface area contributed by atoms with Crippen molar-refractivity contribution in [2.75, 3.05) is 25.0 Å². The summed E-state index contributed by atoms with van der Waals surface area (Å²) in [6.45, 7) is 8.31. The molecule has 1 amide bonds. The molecule has 0 bridgehead atoms. The van der Waals surface area contributed by atoms with E-state index < -0.39 is 11.9 Å². The number of amides is 1. The van der Waals surface area contributed by atoms with Crippen molar-refractivity contribution in [3.8, 4) is 0 Å². The molecule has 1 rings (SSSR count). The van der Waals surface area contributed by atoms with Crippen LogP contribution in [0, 0.1) is 19.8 Å². The third-order valence-corrected chi connectivity index (χ3v) is 3.16. The van der Waals surface area contributed by atoms with Gasteiger partial charge >= 0.3 is 5.97 Å². The Balaban J connectivity index is 2.58. The third kappa shape index (κ3) is 4.34. The predicted molar refractivity (Wildman–Crippen MR) is 75.6 cm³/mol. The first-order valence-electron chi connectivity index (χ1n) is 6.61. The van der Waals surface area contributed by atoms with Crippen molar-refractivity contribution < 1.29 is 14.7 Å². The molecule has 1 aromatic heterocycles. The minimum Gasteiger partial charge on any atom is -0.481 e. The highest BCUT2D eigenvalue weighted by Crippen LogP contribution is 2.15. The van der Waals surface area contributed by atoms with E-state index in [1.807, 2.05) is 20.8 Å². The van der Waals surface area contributed by atoms with Crippen molar-refractivity contribution in [2.24, 2.45) is 5.92 Å². The molecule has 0 fully saturated rings. The molecule has 7 heteroatoms. The second-order valence-electron chi connectivity index (χ2n) is 4.92. The van der Waals surface area contributed by atoms with Gasteiger partial charge in [-0.2, -0.15) is 5.10 Å². The molecule has 1 unspecified atom stereocenters. The van der Waals surface area contributed by atoms with Crippen LogP contribution in [-0.4, -0.2) is 51.7 Å². The summed E-state index contributed by atoms with van der Waals surface area (Å²) in [5, 5.41) is 18.5. The monoisotopic (exact) mass is 282 g/mol. The van der Waals surface area contributed by atoms with Crippen LogP contribution in [0.5, 0.6) is 0 Å². The highest BCUT2D eigenvalue weighted by atomic mass is 16.4. The van der Waals surface area contributed by atoms with Gasteiger partial charge in [-0.25, -0.2) is 0 Å². The maximum atomic E-state index is 12.0. The molecule has 1 atom stereocenters. The van der Waals surface area contributed by atoms with Gasteiger partial charge in [0.2, 0.25) is 5.91 Å². The fourth-order valence-corrected chi connectivity index (χ4v) is 1.89. The lowest BCUT2D eigenvalue weighted by atomic mass is 10.1. The Morgan fingerprint density at radius 1 is 1.45 bits per heavy atom. The Morgan fingerprint density at radius 3 is 2.55 bits per heavy atom. The van der Waals surface area contributed by atoms with E-state index in [0.29, 0.717) is 18.8 Å². The van der Waals surface area contributed by atoms with Crippen LogP contribution in [0.3, 0.4) is 0 Å². The van der Waals surface area contributed by atoms with Gasteiger partial charge < -0.3 is 10.4 Å². The largest absolute Gasteiger partial charge is 0.481 e. The number of anilines is 1. The standard InChI is InChI=1S/C13H22N4O3/c1-5-17(6-8(2)13(19)20)7-11(18)14-12-9(3)15-16-10(12)4/h8H,5-7H2,1-4H3,(H,14,18)(H,15,16)(H,19,20). The number of H-pyrrole nitrogens is 1. The molecule has 0 radical (unpaired) electrons. The maximum absolute atomic E-state index is 12.0. The van der Waals surface area contributed by atoms with E-state index in [1.165, 1.54) is 0 Å². The number of hydrogen-bond donors (Lipinski definition) is 3. The Hall–Kier alpha value is -1.89. The van der Waals surface area contributed by atoms with Crippen molar-refractivity contribution in [1.82, 2.24) is 15.1 Å². The Labute approximate surface area is 118 Å². The van der Waals surface area contributed by atoms with Crippen LogP contribution in [0.1, 0.15) is 25.2 Å². The third-order valence-electron chi connectivity index (χ3n) is 3.16. The molecule has 0 saturated heterocycles. The van der Waals surface area contributed by atoms with Crippen LogP contribution in [-0.2, 0) is 9.59 Å². The van der Waals surface area contributed by atoms with E-state index in [9.17, 15) is 9.59 Å². The molecule has 112 valence electrons. The molecule has 0 aliphatic rings. The number of aryl methyl sites for hydroxylation is 2. The van der Waals surface area contributed by atoms with E-state index in [1.54, 1.807) is 11.8 Å². The van der Waals surface area contributed by atoms with Gasteiger partial charge in [-0.15, -0.1) is 0 Å². The molecule has 7 nitrogen and oxygen atoms in total. The molecule has 20 heavy (non-hydrogen) atoms. The van der Waals surface area contributed by atoms with Crippen molar-refractivity contribution in [1.29, 1.82) is 0 Å². The number of aromatic amines is 1. The summed E-state index contributed by atoms with van der Waals surface area (Å²) in [5.41, 5.74) is 2.23. The topological polar surface area (TPSA) is 98.3 Å². The van der Waals surface area contributed by atoms with Gasteiger partial charge in [-0.1, -0.05) is 13.8 Å². The number of nitrogens with zero attached hydrogens (tertiary/aromatic N) is 2. The quantitative estimate of drug-likeness (QED) is 0.693.